The number of thiophene rings is 1. The number of rotatable bonds is 4. The van der Waals surface area contributed by atoms with Gasteiger partial charge in [-0.25, -0.2) is 8.42 Å². The largest absolute Gasteiger partial charge is 0.278 e. The lowest BCUT2D eigenvalue weighted by atomic mass is 10.2. The van der Waals surface area contributed by atoms with Crippen molar-refractivity contribution >= 4 is 50.2 Å². The second-order valence-corrected chi connectivity index (χ2v) is 8.42. The van der Waals surface area contributed by atoms with Gasteiger partial charge >= 0.3 is 0 Å². The molecule has 4 nitrogen and oxygen atoms in total. The van der Waals surface area contributed by atoms with Crippen LogP contribution in [0.4, 0.5) is 5.69 Å². The molecule has 2 heterocycles. The van der Waals surface area contributed by atoms with Gasteiger partial charge in [0, 0.05) is 23.0 Å². The number of aromatic nitrogens is 1. The Morgan fingerprint density at radius 1 is 1.21 bits per heavy atom. The highest BCUT2D eigenvalue weighted by Gasteiger charge is 2.23. The van der Waals surface area contributed by atoms with E-state index in [1.54, 1.807) is 37.5 Å². The van der Waals surface area contributed by atoms with Crippen molar-refractivity contribution in [1.82, 2.24) is 4.98 Å². The van der Waals surface area contributed by atoms with Gasteiger partial charge in [-0.2, -0.15) is 0 Å². The molecule has 0 bridgehead atoms. The standard InChI is InChI=1S/C16H12Cl2N2O2S2/c1-10-7-12(17)8-13(18)16(10)24(21,22)20-14-4-6-23-15(14)11-3-2-5-19-9-11/h2-9,20H,1H3. The lowest BCUT2D eigenvalue weighted by molar-refractivity contribution is 0.600. The summed E-state index contributed by atoms with van der Waals surface area (Å²) in [6.07, 6.45) is 3.35. The van der Waals surface area contributed by atoms with Gasteiger partial charge in [-0.05, 0) is 42.1 Å². The van der Waals surface area contributed by atoms with Crippen molar-refractivity contribution in [3.05, 3.63) is 63.7 Å². The number of anilines is 1. The number of hydrogen-bond donors (Lipinski definition) is 1. The van der Waals surface area contributed by atoms with E-state index < -0.39 is 10.0 Å². The first-order valence-electron chi connectivity index (χ1n) is 6.85. The normalized spacial score (nSPS) is 11.5. The molecule has 1 aromatic carbocycles. The molecule has 0 saturated carbocycles. The zero-order chi connectivity index (χ0) is 17.3. The highest BCUT2D eigenvalue weighted by atomic mass is 35.5. The molecule has 0 unspecified atom stereocenters. The van der Waals surface area contributed by atoms with E-state index in [4.69, 9.17) is 23.2 Å². The molecule has 8 heteroatoms. The maximum Gasteiger partial charge on any atom is 0.263 e. The van der Waals surface area contributed by atoms with E-state index in [9.17, 15) is 8.42 Å². The average Bonchev–Trinajstić information content (AvgIpc) is 2.94. The lowest BCUT2D eigenvalue weighted by Crippen LogP contribution is -2.15. The first-order chi connectivity index (χ1) is 11.4. The molecule has 0 fully saturated rings. The van der Waals surface area contributed by atoms with Crippen molar-refractivity contribution in [1.29, 1.82) is 0 Å². The SMILES string of the molecule is Cc1cc(Cl)cc(Cl)c1S(=O)(=O)Nc1ccsc1-c1cccnc1. The Labute approximate surface area is 154 Å². The summed E-state index contributed by atoms with van der Waals surface area (Å²) < 4.78 is 28.2. The molecule has 0 spiro atoms. The molecule has 3 rings (SSSR count). The van der Waals surface area contributed by atoms with Gasteiger partial charge in [0.15, 0.2) is 0 Å². The number of benzene rings is 1. The molecular weight excluding hydrogens is 387 g/mol. The van der Waals surface area contributed by atoms with Crippen LogP contribution in [0.25, 0.3) is 10.4 Å². The lowest BCUT2D eigenvalue weighted by Gasteiger charge is -2.13. The van der Waals surface area contributed by atoms with Crippen molar-refractivity contribution in [2.24, 2.45) is 0 Å². The van der Waals surface area contributed by atoms with Crippen LogP contribution in [0, 0.1) is 6.92 Å². The van der Waals surface area contributed by atoms with E-state index in [2.05, 4.69) is 9.71 Å². The second kappa shape index (κ2) is 6.72. The van der Waals surface area contributed by atoms with Gasteiger partial charge in [-0.1, -0.05) is 29.3 Å². The maximum absolute atomic E-state index is 12.8. The smallest absolute Gasteiger partial charge is 0.263 e. The van der Waals surface area contributed by atoms with E-state index in [0.717, 1.165) is 10.4 Å². The molecule has 0 aliphatic carbocycles. The van der Waals surface area contributed by atoms with Gasteiger partial charge in [-0.3, -0.25) is 9.71 Å². The predicted molar refractivity (Wildman–Crippen MR) is 99.6 cm³/mol. The van der Waals surface area contributed by atoms with Crippen LogP contribution in [0.15, 0.2) is 53.0 Å². The van der Waals surface area contributed by atoms with Gasteiger partial charge in [0.25, 0.3) is 10.0 Å². The Kier molecular flexibility index (Phi) is 4.83. The zero-order valence-electron chi connectivity index (χ0n) is 12.5. The number of nitrogens with zero attached hydrogens (tertiary/aromatic N) is 1. The quantitative estimate of drug-likeness (QED) is 0.654. The first kappa shape index (κ1) is 17.2. The molecule has 1 N–H and O–H groups in total. The Hall–Kier alpha value is -1.60. The Morgan fingerprint density at radius 2 is 2.00 bits per heavy atom. The van der Waals surface area contributed by atoms with Crippen LogP contribution < -0.4 is 4.72 Å². The molecule has 0 amide bonds. The number of nitrogens with one attached hydrogen (secondary N) is 1. The summed E-state index contributed by atoms with van der Waals surface area (Å²) >= 11 is 13.4. The molecule has 0 radical (unpaired) electrons. The molecule has 0 saturated heterocycles. The topological polar surface area (TPSA) is 59.1 Å². The minimum absolute atomic E-state index is 0.0249. The van der Waals surface area contributed by atoms with Crippen LogP contribution >= 0.6 is 34.5 Å². The summed E-state index contributed by atoms with van der Waals surface area (Å²) in [5.74, 6) is 0. The van der Waals surface area contributed by atoms with E-state index in [1.807, 2.05) is 11.4 Å². The molecule has 124 valence electrons. The summed E-state index contributed by atoms with van der Waals surface area (Å²) in [5, 5.41) is 2.30. The molecular formula is C16H12Cl2N2O2S2. The van der Waals surface area contributed by atoms with Gasteiger partial charge in [0.05, 0.1) is 15.6 Å². The fourth-order valence-electron chi connectivity index (χ4n) is 2.34. The third-order valence-corrected chi connectivity index (χ3v) is 6.46. The van der Waals surface area contributed by atoms with Crippen LogP contribution in [-0.4, -0.2) is 13.4 Å². The van der Waals surface area contributed by atoms with Crippen molar-refractivity contribution in [2.75, 3.05) is 4.72 Å². The van der Waals surface area contributed by atoms with Crippen LogP contribution in [0.2, 0.25) is 10.0 Å². The summed E-state index contributed by atoms with van der Waals surface area (Å²) in [5.41, 5.74) is 1.81. The third-order valence-electron chi connectivity index (χ3n) is 3.30. The number of sulfonamides is 1. The van der Waals surface area contributed by atoms with Gasteiger partial charge in [0.1, 0.15) is 4.90 Å². The summed E-state index contributed by atoms with van der Waals surface area (Å²) in [6.45, 7) is 1.65. The van der Waals surface area contributed by atoms with Crippen molar-refractivity contribution in [2.45, 2.75) is 11.8 Å². The first-order valence-corrected chi connectivity index (χ1v) is 9.97. The van der Waals surface area contributed by atoms with Crippen LogP contribution in [0.3, 0.4) is 0 Å². The molecule has 2 aromatic heterocycles. The number of hydrogen-bond acceptors (Lipinski definition) is 4. The van der Waals surface area contributed by atoms with Crippen molar-refractivity contribution < 1.29 is 8.42 Å². The fraction of sp³-hybridized carbons (Fsp3) is 0.0625. The number of halogens is 2. The molecule has 3 aromatic rings. The van der Waals surface area contributed by atoms with E-state index in [0.29, 0.717) is 16.3 Å². The molecule has 24 heavy (non-hydrogen) atoms. The summed E-state index contributed by atoms with van der Waals surface area (Å²) in [6, 6.07) is 8.37. The Morgan fingerprint density at radius 3 is 2.67 bits per heavy atom. The minimum Gasteiger partial charge on any atom is -0.278 e. The van der Waals surface area contributed by atoms with E-state index in [1.165, 1.54) is 17.4 Å². The van der Waals surface area contributed by atoms with Crippen molar-refractivity contribution in [3.8, 4) is 10.4 Å². The molecule has 0 atom stereocenters. The summed E-state index contributed by atoms with van der Waals surface area (Å²) in [4.78, 5) is 4.88. The minimum atomic E-state index is -3.85. The third kappa shape index (κ3) is 3.42. The van der Waals surface area contributed by atoms with Gasteiger partial charge < -0.3 is 0 Å². The van der Waals surface area contributed by atoms with Crippen LogP contribution in [-0.2, 0) is 10.0 Å². The average molecular weight is 399 g/mol. The Balaban J connectivity index is 2.02. The number of pyridine rings is 1. The monoisotopic (exact) mass is 398 g/mol. The summed E-state index contributed by atoms with van der Waals surface area (Å²) in [7, 11) is -3.85. The van der Waals surface area contributed by atoms with Crippen molar-refractivity contribution in [3.63, 3.8) is 0 Å². The van der Waals surface area contributed by atoms with Gasteiger partial charge in [-0.15, -0.1) is 11.3 Å². The molecule has 0 aliphatic heterocycles. The van der Waals surface area contributed by atoms with Gasteiger partial charge in [0.2, 0.25) is 0 Å². The number of aryl methyl sites for hydroxylation is 1. The molecule has 0 aliphatic rings. The maximum atomic E-state index is 12.8. The highest BCUT2D eigenvalue weighted by molar-refractivity contribution is 7.93. The second-order valence-electron chi connectivity index (χ2n) is 5.04. The Bertz CT molecular complexity index is 963. The zero-order valence-corrected chi connectivity index (χ0v) is 15.6. The van der Waals surface area contributed by atoms with E-state index in [-0.39, 0.29) is 9.92 Å². The van der Waals surface area contributed by atoms with E-state index >= 15 is 0 Å². The predicted octanol–water partition coefficient (Wildman–Crippen LogP) is 5.23. The van der Waals surface area contributed by atoms with Crippen LogP contribution in [0.1, 0.15) is 5.56 Å². The van der Waals surface area contributed by atoms with Crippen LogP contribution in [0.5, 0.6) is 0 Å². The highest BCUT2D eigenvalue weighted by Crippen LogP contribution is 2.36. The fourth-order valence-corrected chi connectivity index (χ4v) is 5.50.